The number of halogens is 1. The lowest BCUT2D eigenvalue weighted by Gasteiger charge is -2.03. The normalized spacial score (nSPS) is 11.8. The summed E-state index contributed by atoms with van der Waals surface area (Å²) in [5.41, 5.74) is 0. The van der Waals surface area contributed by atoms with Crippen molar-refractivity contribution in [1.82, 2.24) is 14.9 Å². The van der Waals surface area contributed by atoms with Crippen LogP contribution in [-0.2, 0) is 16.4 Å². The Kier molecular flexibility index (Phi) is 5.00. The largest absolute Gasteiger partial charge is 0.340 e. The van der Waals surface area contributed by atoms with E-state index in [0.717, 1.165) is 0 Å². The van der Waals surface area contributed by atoms with Crippen molar-refractivity contribution in [3.05, 3.63) is 12.2 Å². The molecular formula is C7H12ClN3O3S. The third-order valence-corrected chi connectivity index (χ3v) is 3.35. The summed E-state index contributed by atoms with van der Waals surface area (Å²) >= 11 is 5.40. The van der Waals surface area contributed by atoms with Crippen molar-refractivity contribution < 1.29 is 12.9 Å². The highest BCUT2D eigenvalue weighted by molar-refractivity contribution is 7.89. The molecule has 1 rings (SSSR count). The monoisotopic (exact) mass is 253 g/mol. The summed E-state index contributed by atoms with van der Waals surface area (Å²) in [7, 11) is -3.22. The van der Waals surface area contributed by atoms with E-state index in [1.54, 1.807) is 0 Å². The van der Waals surface area contributed by atoms with Gasteiger partial charge in [-0.3, -0.25) is 0 Å². The van der Waals surface area contributed by atoms with E-state index in [9.17, 15) is 8.42 Å². The summed E-state index contributed by atoms with van der Waals surface area (Å²) in [6, 6.07) is 0. The van der Waals surface area contributed by atoms with Crippen molar-refractivity contribution in [3.8, 4) is 0 Å². The molecule has 86 valence electrons. The van der Waals surface area contributed by atoms with Gasteiger partial charge in [-0.1, -0.05) is 5.16 Å². The van der Waals surface area contributed by atoms with Gasteiger partial charge in [-0.15, -0.1) is 11.6 Å². The predicted molar refractivity (Wildman–Crippen MR) is 55.1 cm³/mol. The average molecular weight is 254 g/mol. The molecule has 6 nitrogen and oxygen atoms in total. The summed E-state index contributed by atoms with van der Waals surface area (Å²) in [5.74, 6) is 0.792. The molecule has 0 aromatic carbocycles. The molecule has 0 spiro atoms. The molecule has 0 saturated carbocycles. The summed E-state index contributed by atoms with van der Waals surface area (Å²) in [6.07, 6.45) is 2.11. The molecule has 0 saturated heterocycles. The molecule has 0 aliphatic rings. The third-order valence-electron chi connectivity index (χ3n) is 1.61. The molecule has 8 heteroatoms. The van der Waals surface area contributed by atoms with Crippen LogP contribution in [0.1, 0.15) is 12.3 Å². The summed E-state index contributed by atoms with van der Waals surface area (Å²) in [5, 5.41) is 3.41. The molecule has 1 aromatic heterocycles. The zero-order valence-electron chi connectivity index (χ0n) is 8.02. The van der Waals surface area contributed by atoms with E-state index in [-0.39, 0.29) is 12.3 Å². The molecule has 0 aliphatic carbocycles. The Labute approximate surface area is 93.1 Å². The highest BCUT2D eigenvalue weighted by atomic mass is 35.5. The standard InChI is InChI=1S/C7H12ClN3O3S/c8-3-1-5-15(12,13)11-4-2-7-9-6-10-14-7/h6,11H,1-5H2. The van der Waals surface area contributed by atoms with Crippen LogP contribution in [0.5, 0.6) is 0 Å². The van der Waals surface area contributed by atoms with E-state index in [0.29, 0.717) is 24.6 Å². The Bertz CT molecular complexity index is 365. The molecule has 0 radical (unpaired) electrons. The fourth-order valence-electron chi connectivity index (χ4n) is 0.936. The number of nitrogens with one attached hydrogen (secondary N) is 1. The molecule has 15 heavy (non-hydrogen) atoms. The summed E-state index contributed by atoms with van der Waals surface area (Å²) in [6.45, 7) is 0.257. The maximum Gasteiger partial charge on any atom is 0.227 e. The first-order valence-corrected chi connectivity index (χ1v) is 6.61. The molecule has 0 bridgehead atoms. The van der Waals surface area contributed by atoms with Crippen LogP contribution >= 0.6 is 11.6 Å². The second-order valence-electron chi connectivity index (χ2n) is 2.84. The second kappa shape index (κ2) is 6.04. The number of hydrogen-bond acceptors (Lipinski definition) is 5. The summed E-state index contributed by atoms with van der Waals surface area (Å²) in [4.78, 5) is 3.76. The Morgan fingerprint density at radius 1 is 1.53 bits per heavy atom. The number of alkyl halides is 1. The van der Waals surface area contributed by atoms with E-state index in [1.165, 1.54) is 6.33 Å². The minimum absolute atomic E-state index is 0.0420. The van der Waals surface area contributed by atoms with Crippen molar-refractivity contribution in [2.45, 2.75) is 12.8 Å². The van der Waals surface area contributed by atoms with Crippen molar-refractivity contribution in [1.29, 1.82) is 0 Å². The number of sulfonamides is 1. The Morgan fingerprint density at radius 2 is 2.33 bits per heavy atom. The molecule has 0 amide bonds. The highest BCUT2D eigenvalue weighted by Crippen LogP contribution is 1.94. The number of nitrogens with zero attached hydrogens (tertiary/aromatic N) is 2. The number of hydrogen-bond donors (Lipinski definition) is 1. The van der Waals surface area contributed by atoms with Crippen molar-refractivity contribution in [3.63, 3.8) is 0 Å². The summed E-state index contributed by atoms with van der Waals surface area (Å²) < 4.78 is 29.7. The molecule has 0 atom stereocenters. The molecule has 1 N–H and O–H groups in total. The molecule has 0 aliphatic heterocycles. The van der Waals surface area contributed by atoms with Crippen LogP contribution in [-0.4, -0.2) is 36.7 Å². The molecule has 1 heterocycles. The van der Waals surface area contributed by atoms with E-state index in [1.807, 2.05) is 0 Å². The van der Waals surface area contributed by atoms with Gasteiger partial charge in [0.05, 0.1) is 5.75 Å². The smallest absolute Gasteiger partial charge is 0.227 e. The van der Waals surface area contributed by atoms with Crippen molar-refractivity contribution in [2.24, 2.45) is 0 Å². The van der Waals surface area contributed by atoms with E-state index >= 15 is 0 Å². The first-order valence-electron chi connectivity index (χ1n) is 4.43. The van der Waals surface area contributed by atoms with Gasteiger partial charge in [-0.05, 0) is 6.42 Å². The number of rotatable bonds is 7. The van der Waals surface area contributed by atoms with Gasteiger partial charge in [0.2, 0.25) is 15.9 Å². The van der Waals surface area contributed by atoms with Crippen LogP contribution in [0.15, 0.2) is 10.9 Å². The SMILES string of the molecule is O=S(=O)(CCCCl)NCCc1ncno1. The van der Waals surface area contributed by atoms with Crippen LogP contribution in [0, 0.1) is 0 Å². The fraction of sp³-hybridized carbons (Fsp3) is 0.714. The van der Waals surface area contributed by atoms with E-state index in [4.69, 9.17) is 16.1 Å². The molecular weight excluding hydrogens is 242 g/mol. The van der Waals surface area contributed by atoms with Crippen LogP contribution in [0.4, 0.5) is 0 Å². The van der Waals surface area contributed by atoms with Gasteiger partial charge < -0.3 is 4.52 Å². The maximum absolute atomic E-state index is 11.3. The molecule has 1 aromatic rings. The van der Waals surface area contributed by atoms with Crippen LogP contribution in [0.3, 0.4) is 0 Å². The van der Waals surface area contributed by atoms with Crippen molar-refractivity contribution >= 4 is 21.6 Å². The number of aromatic nitrogens is 2. The van der Waals surface area contributed by atoms with Gasteiger partial charge >= 0.3 is 0 Å². The lowest BCUT2D eigenvalue weighted by molar-refractivity contribution is 0.377. The second-order valence-corrected chi connectivity index (χ2v) is 5.15. The minimum atomic E-state index is -3.22. The van der Waals surface area contributed by atoms with E-state index < -0.39 is 10.0 Å². The van der Waals surface area contributed by atoms with Crippen LogP contribution < -0.4 is 4.72 Å². The highest BCUT2D eigenvalue weighted by Gasteiger charge is 2.09. The van der Waals surface area contributed by atoms with Gasteiger partial charge in [0, 0.05) is 18.8 Å². The Balaban J connectivity index is 2.24. The Hall–Kier alpha value is -0.660. The predicted octanol–water partition coefficient (Wildman–Crippen LogP) is 0.160. The van der Waals surface area contributed by atoms with Gasteiger partial charge in [0.25, 0.3) is 0 Å². The average Bonchev–Trinajstić information content (AvgIpc) is 2.67. The van der Waals surface area contributed by atoms with Gasteiger partial charge in [0.1, 0.15) is 0 Å². The van der Waals surface area contributed by atoms with Gasteiger partial charge in [-0.2, -0.15) is 4.98 Å². The first kappa shape index (κ1) is 12.4. The van der Waals surface area contributed by atoms with Crippen LogP contribution in [0.25, 0.3) is 0 Å². The topological polar surface area (TPSA) is 85.1 Å². The first-order chi connectivity index (χ1) is 7.14. The maximum atomic E-state index is 11.3. The lowest BCUT2D eigenvalue weighted by Crippen LogP contribution is -2.28. The lowest BCUT2D eigenvalue weighted by atomic mass is 10.4. The van der Waals surface area contributed by atoms with Crippen LogP contribution in [0.2, 0.25) is 0 Å². The molecule has 0 unspecified atom stereocenters. The van der Waals surface area contributed by atoms with Gasteiger partial charge in [-0.25, -0.2) is 13.1 Å². The zero-order chi connectivity index (χ0) is 11.1. The van der Waals surface area contributed by atoms with Gasteiger partial charge in [0.15, 0.2) is 6.33 Å². The fourth-order valence-corrected chi connectivity index (χ4v) is 2.31. The van der Waals surface area contributed by atoms with E-state index in [2.05, 4.69) is 14.9 Å². The molecule has 0 fully saturated rings. The third kappa shape index (κ3) is 5.10. The zero-order valence-corrected chi connectivity index (χ0v) is 9.59. The Morgan fingerprint density at radius 3 is 2.93 bits per heavy atom. The van der Waals surface area contributed by atoms with Crippen molar-refractivity contribution in [2.75, 3.05) is 18.2 Å². The quantitative estimate of drug-likeness (QED) is 0.700. The minimum Gasteiger partial charge on any atom is -0.340 e.